The molecule has 0 aromatic heterocycles. The average molecular weight is 563 g/mol. The van der Waals surface area contributed by atoms with Gasteiger partial charge in [-0.05, 0) is 19.4 Å². The number of aliphatic hydroxyl groups is 1. The quantitative estimate of drug-likeness (QED) is 0.0488. The molecule has 7 nitrogen and oxygen atoms in total. The number of nitrogens with zero attached hydrogens (tertiary/aromatic N) is 2. The Bertz CT molecular complexity index is 1190. The van der Waals surface area contributed by atoms with Crippen LogP contribution in [0.2, 0.25) is 0 Å². The summed E-state index contributed by atoms with van der Waals surface area (Å²) in [5, 5.41) is 23.1. The van der Waals surface area contributed by atoms with Crippen molar-refractivity contribution >= 4 is 23.1 Å². The van der Waals surface area contributed by atoms with Crippen LogP contribution < -0.4 is 0 Å². The molecule has 1 amide bonds. The van der Waals surface area contributed by atoms with Gasteiger partial charge in [0.2, 0.25) is 0 Å². The molecule has 1 aliphatic heterocycles. The molecule has 0 saturated carbocycles. The van der Waals surface area contributed by atoms with Crippen LogP contribution in [-0.2, 0) is 9.59 Å². The standard InChI is InChI=1S/C34H46N2O5/c1-3-4-5-6-7-8-9-10-11-12-13-14-15-18-25-35-31(28-19-16-17-20-29(28)36(40)41)30(33(38)34(35)39)32(37)27-23-21-26(2)22-24-27/h16-17,19-24,31,37H,3-15,18,25H2,1-2H3/b32-30+/t31-/m1/s1. The lowest BCUT2D eigenvalue weighted by molar-refractivity contribution is -0.385. The van der Waals surface area contributed by atoms with E-state index in [9.17, 15) is 24.8 Å². The first-order valence-electron chi connectivity index (χ1n) is 15.5. The Morgan fingerprint density at radius 2 is 1.32 bits per heavy atom. The summed E-state index contributed by atoms with van der Waals surface area (Å²) in [4.78, 5) is 39.2. The molecule has 1 N–H and O–H groups in total. The fourth-order valence-electron chi connectivity index (χ4n) is 5.66. The first-order valence-corrected chi connectivity index (χ1v) is 15.5. The van der Waals surface area contributed by atoms with Crippen LogP contribution in [0, 0.1) is 17.0 Å². The van der Waals surface area contributed by atoms with E-state index in [-0.39, 0.29) is 22.6 Å². The van der Waals surface area contributed by atoms with Crippen LogP contribution in [0.15, 0.2) is 54.1 Å². The first-order chi connectivity index (χ1) is 19.9. The number of unbranched alkanes of at least 4 members (excludes halogenated alkanes) is 13. The molecule has 0 radical (unpaired) electrons. The van der Waals surface area contributed by atoms with Crippen LogP contribution in [0.1, 0.15) is 120 Å². The molecule has 1 aliphatic rings. The van der Waals surface area contributed by atoms with Crippen molar-refractivity contribution in [3.8, 4) is 0 Å². The van der Waals surface area contributed by atoms with Gasteiger partial charge >= 0.3 is 0 Å². The Hall–Kier alpha value is -3.48. The Kier molecular flexibility index (Phi) is 13.1. The molecule has 3 rings (SSSR count). The minimum absolute atomic E-state index is 0.0986. The third-order valence-corrected chi connectivity index (χ3v) is 8.05. The number of amides is 1. The molecule has 2 aromatic rings. The molecule has 0 aliphatic carbocycles. The number of hydrogen-bond acceptors (Lipinski definition) is 5. The summed E-state index contributed by atoms with van der Waals surface area (Å²) in [7, 11) is 0. The van der Waals surface area contributed by atoms with Gasteiger partial charge in [0.25, 0.3) is 17.4 Å². The van der Waals surface area contributed by atoms with Crippen LogP contribution in [0.5, 0.6) is 0 Å². The minimum atomic E-state index is -1.01. The summed E-state index contributed by atoms with van der Waals surface area (Å²) in [6.45, 7) is 4.45. The average Bonchev–Trinajstić information content (AvgIpc) is 3.22. The fraction of sp³-hybridized carbons (Fsp3) is 0.529. The van der Waals surface area contributed by atoms with E-state index in [1.165, 1.54) is 75.2 Å². The van der Waals surface area contributed by atoms with Crippen molar-refractivity contribution < 1.29 is 19.6 Å². The number of ketones is 1. The number of hydrogen-bond donors (Lipinski definition) is 1. The Labute approximate surface area is 244 Å². The second-order valence-electron chi connectivity index (χ2n) is 11.3. The van der Waals surface area contributed by atoms with Crippen LogP contribution in [0.25, 0.3) is 5.76 Å². The topological polar surface area (TPSA) is 101 Å². The van der Waals surface area contributed by atoms with E-state index in [2.05, 4.69) is 6.92 Å². The van der Waals surface area contributed by atoms with Crippen LogP contribution in [-0.4, -0.2) is 33.2 Å². The van der Waals surface area contributed by atoms with Gasteiger partial charge < -0.3 is 10.0 Å². The van der Waals surface area contributed by atoms with E-state index in [1.807, 2.05) is 6.92 Å². The van der Waals surface area contributed by atoms with Crippen molar-refractivity contribution in [2.75, 3.05) is 6.54 Å². The predicted octanol–water partition coefficient (Wildman–Crippen LogP) is 8.81. The summed E-state index contributed by atoms with van der Waals surface area (Å²) < 4.78 is 0. The van der Waals surface area contributed by atoms with E-state index in [4.69, 9.17) is 0 Å². The second-order valence-corrected chi connectivity index (χ2v) is 11.3. The molecular weight excluding hydrogens is 516 g/mol. The molecule has 1 saturated heterocycles. The van der Waals surface area contributed by atoms with Crippen molar-refractivity contribution in [3.05, 3.63) is 80.9 Å². The van der Waals surface area contributed by atoms with E-state index < -0.39 is 22.7 Å². The number of Topliss-reactive ketones (excluding diaryl/α,β-unsaturated/α-hetero) is 1. The zero-order valence-electron chi connectivity index (χ0n) is 24.8. The number of carbonyl (C=O) groups excluding carboxylic acids is 2. The minimum Gasteiger partial charge on any atom is -0.507 e. The number of rotatable bonds is 18. The van der Waals surface area contributed by atoms with Crippen molar-refractivity contribution in [2.24, 2.45) is 0 Å². The van der Waals surface area contributed by atoms with Gasteiger partial charge in [-0.3, -0.25) is 19.7 Å². The zero-order chi connectivity index (χ0) is 29.6. The molecule has 1 fully saturated rings. The molecule has 7 heteroatoms. The Morgan fingerprint density at radius 3 is 1.85 bits per heavy atom. The highest BCUT2D eigenvalue weighted by Crippen LogP contribution is 2.42. The summed E-state index contributed by atoms with van der Waals surface area (Å²) in [6, 6.07) is 12.1. The fourth-order valence-corrected chi connectivity index (χ4v) is 5.66. The lowest BCUT2D eigenvalue weighted by atomic mass is 9.94. The van der Waals surface area contributed by atoms with E-state index in [1.54, 1.807) is 42.5 Å². The van der Waals surface area contributed by atoms with Gasteiger partial charge in [-0.15, -0.1) is 0 Å². The van der Waals surface area contributed by atoms with Crippen molar-refractivity contribution in [1.29, 1.82) is 0 Å². The maximum Gasteiger partial charge on any atom is 0.295 e. The number of likely N-dealkylation sites (tertiary alicyclic amines) is 1. The lowest BCUT2D eigenvalue weighted by Crippen LogP contribution is -2.31. The third kappa shape index (κ3) is 9.00. The third-order valence-electron chi connectivity index (χ3n) is 8.05. The van der Waals surface area contributed by atoms with E-state index in [0.29, 0.717) is 18.5 Å². The lowest BCUT2D eigenvalue weighted by Gasteiger charge is -2.25. The van der Waals surface area contributed by atoms with Crippen LogP contribution >= 0.6 is 0 Å². The zero-order valence-corrected chi connectivity index (χ0v) is 24.8. The second kappa shape index (κ2) is 16.7. The normalized spacial score (nSPS) is 16.4. The molecule has 41 heavy (non-hydrogen) atoms. The van der Waals surface area contributed by atoms with Gasteiger partial charge in [0.15, 0.2) is 0 Å². The summed E-state index contributed by atoms with van der Waals surface area (Å²) >= 11 is 0. The van der Waals surface area contributed by atoms with Gasteiger partial charge in [0.1, 0.15) is 5.76 Å². The molecule has 0 spiro atoms. The van der Waals surface area contributed by atoms with Gasteiger partial charge in [-0.25, -0.2) is 0 Å². The summed E-state index contributed by atoms with van der Waals surface area (Å²) in [5.74, 6) is -1.84. The Morgan fingerprint density at radius 1 is 0.805 bits per heavy atom. The van der Waals surface area contributed by atoms with Crippen LogP contribution in [0.3, 0.4) is 0 Å². The van der Waals surface area contributed by atoms with Gasteiger partial charge in [0, 0.05) is 18.2 Å². The highest BCUT2D eigenvalue weighted by atomic mass is 16.6. The monoisotopic (exact) mass is 562 g/mol. The number of nitro groups is 1. The molecule has 0 bridgehead atoms. The molecular formula is C34H46N2O5. The van der Waals surface area contributed by atoms with Crippen molar-refractivity contribution in [1.82, 2.24) is 4.90 Å². The largest absolute Gasteiger partial charge is 0.507 e. The van der Waals surface area contributed by atoms with Crippen molar-refractivity contribution in [3.63, 3.8) is 0 Å². The smallest absolute Gasteiger partial charge is 0.295 e. The molecule has 2 aromatic carbocycles. The van der Waals surface area contributed by atoms with Gasteiger partial charge in [0.05, 0.1) is 22.1 Å². The predicted molar refractivity (Wildman–Crippen MR) is 164 cm³/mol. The van der Waals surface area contributed by atoms with Crippen LogP contribution in [0.4, 0.5) is 5.69 Å². The van der Waals surface area contributed by atoms with E-state index >= 15 is 0 Å². The number of aryl methyl sites for hydroxylation is 1. The summed E-state index contributed by atoms with van der Waals surface area (Å²) in [6.07, 6.45) is 16.9. The Balaban J connectivity index is 1.61. The number of benzene rings is 2. The maximum absolute atomic E-state index is 13.2. The molecule has 222 valence electrons. The number of nitro benzene ring substituents is 1. The molecule has 1 heterocycles. The number of para-hydroxylation sites is 1. The number of aliphatic hydroxyl groups excluding tert-OH is 1. The highest BCUT2D eigenvalue weighted by Gasteiger charge is 2.47. The molecule has 0 unspecified atom stereocenters. The maximum atomic E-state index is 13.2. The molecule has 1 atom stereocenters. The summed E-state index contributed by atoms with van der Waals surface area (Å²) in [5.41, 5.74) is 1.33. The van der Waals surface area contributed by atoms with Crippen molar-refractivity contribution in [2.45, 2.75) is 110 Å². The van der Waals surface area contributed by atoms with Gasteiger partial charge in [-0.2, -0.15) is 0 Å². The highest BCUT2D eigenvalue weighted by molar-refractivity contribution is 6.46. The SMILES string of the molecule is CCCCCCCCCCCCCCCCN1C(=O)C(=O)/C(=C(/O)c2ccc(C)cc2)[C@H]1c1ccccc1[N+](=O)[O-]. The number of carbonyl (C=O) groups is 2. The van der Waals surface area contributed by atoms with Gasteiger partial charge in [-0.1, -0.05) is 132 Å². The van der Waals surface area contributed by atoms with E-state index in [0.717, 1.165) is 24.8 Å². The first kappa shape index (κ1) is 32.0.